The van der Waals surface area contributed by atoms with Gasteiger partial charge in [0.2, 0.25) is 0 Å². The Morgan fingerprint density at radius 2 is 1.81 bits per heavy atom. The van der Waals surface area contributed by atoms with Crippen LogP contribution in [0.4, 0.5) is 19.3 Å². The van der Waals surface area contributed by atoms with Crippen LogP contribution in [0.1, 0.15) is 5.56 Å². The number of amides is 2. The van der Waals surface area contributed by atoms with E-state index in [1.54, 1.807) is 6.08 Å². The van der Waals surface area contributed by atoms with E-state index in [0.717, 1.165) is 28.2 Å². The molecule has 0 fully saturated rings. The molecule has 108 valence electrons. The minimum Gasteiger partial charge on any atom is -0.314 e. The summed E-state index contributed by atoms with van der Waals surface area (Å²) < 4.78 is 27.2. The van der Waals surface area contributed by atoms with Crippen molar-refractivity contribution in [1.29, 1.82) is 0 Å². The molecule has 0 aromatic heterocycles. The van der Waals surface area contributed by atoms with E-state index in [9.17, 15) is 13.6 Å². The van der Waals surface area contributed by atoms with Crippen LogP contribution in [0, 0.1) is 11.6 Å². The van der Waals surface area contributed by atoms with Crippen molar-refractivity contribution in [3.05, 3.63) is 70.3 Å². The largest absolute Gasteiger partial charge is 0.323 e. The summed E-state index contributed by atoms with van der Waals surface area (Å²) >= 11 is 3.32. The zero-order chi connectivity index (χ0) is 15.2. The van der Waals surface area contributed by atoms with Crippen molar-refractivity contribution in [3.8, 4) is 0 Å². The predicted octanol–water partition coefficient (Wildman–Crippen LogP) is 4.52. The average molecular weight is 353 g/mol. The molecule has 0 aliphatic rings. The van der Waals surface area contributed by atoms with Crippen molar-refractivity contribution in [2.24, 2.45) is 0 Å². The highest BCUT2D eigenvalue weighted by Crippen LogP contribution is 2.15. The highest BCUT2D eigenvalue weighted by atomic mass is 79.9. The van der Waals surface area contributed by atoms with E-state index in [-0.39, 0.29) is 5.69 Å². The van der Waals surface area contributed by atoms with E-state index in [0.29, 0.717) is 0 Å². The van der Waals surface area contributed by atoms with Crippen molar-refractivity contribution in [2.75, 3.05) is 5.32 Å². The fraction of sp³-hybridized carbons (Fsp3) is 0. The fourth-order valence-corrected chi connectivity index (χ4v) is 1.80. The molecule has 3 nitrogen and oxygen atoms in total. The first kappa shape index (κ1) is 15.2. The molecule has 0 atom stereocenters. The highest BCUT2D eigenvalue weighted by Gasteiger charge is 2.06. The van der Waals surface area contributed by atoms with E-state index >= 15 is 0 Å². The summed E-state index contributed by atoms with van der Waals surface area (Å²) in [4.78, 5) is 11.6. The van der Waals surface area contributed by atoms with E-state index in [1.165, 1.54) is 6.20 Å². The summed E-state index contributed by atoms with van der Waals surface area (Å²) in [6.45, 7) is 0. The Hall–Kier alpha value is -2.21. The molecule has 0 radical (unpaired) electrons. The average Bonchev–Trinajstić information content (AvgIpc) is 2.45. The number of urea groups is 1. The smallest absolute Gasteiger partial charge is 0.314 e. The minimum absolute atomic E-state index is 0.218. The second kappa shape index (κ2) is 6.99. The topological polar surface area (TPSA) is 41.1 Å². The van der Waals surface area contributed by atoms with E-state index in [2.05, 4.69) is 26.6 Å². The van der Waals surface area contributed by atoms with Crippen LogP contribution >= 0.6 is 15.9 Å². The number of carbonyl (C=O) groups is 1. The molecule has 2 rings (SSSR count). The molecule has 0 aliphatic carbocycles. The maximum atomic E-state index is 13.3. The lowest BCUT2D eigenvalue weighted by Crippen LogP contribution is -2.24. The van der Waals surface area contributed by atoms with Crippen molar-refractivity contribution in [2.45, 2.75) is 0 Å². The van der Waals surface area contributed by atoms with Crippen LogP contribution in [0.2, 0.25) is 0 Å². The lowest BCUT2D eigenvalue weighted by atomic mass is 10.2. The molecule has 2 aromatic carbocycles. The molecule has 0 unspecified atom stereocenters. The van der Waals surface area contributed by atoms with Crippen LogP contribution < -0.4 is 10.6 Å². The molecule has 2 amide bonds. The summed E-state index contributed by atoms with van der Waals surface area (Å²) in [5, 5.41) is 4.63. The molecule has 0 aliphatic heterocycles. The number of carbonyl (C=O) groups excluding carboxylic acids is 1. The van der Waals surface area contributed by atoms with Crippen LogP contribution in [0.5, 0.6) is 0 Å². The number of hydrogen-bond donors (Lipinski definition) is 2. The second-order valence-electron chi connectivity index (χ2n) is 4.11. The molecule has 0 bridgehead atoms. The van der Waals surface area contributed by atoms with Crippen molar-refractivity contribution >= 4 is 33.7 Å². The van der Waals surface area contributed by atoms with E-state index in [1.807, 2.05) is 24.3 Å². The molecule has 6 heteroatoms. The third-order valence-corrected chi connectivity index (χ3v) is 3.07. The first-order chi connectivity index (χ1) is 10.0. The van der Waals surface area contributed by atoms with Gasteiger partial charge >= 0.3 is 6.03 Å². The van der Waals surface area contributed by atoms with E-state index < -0.39 is 17.7 Å². The lowest BCUT2D eigenvalue weighted by Gasteiger charge is -2.05. The number of halogens is 3. The molecule has 0 spiro atoms. The van der Waals surface area contributed by atoms with Gasteiger partial charge in [0.25, 0.3) is 0 Å². The Morgan fingerprint density at radius 3 is 2.52 bits per heavy atom. The number of anilines is 1. The normalized spacial score (nSPS) is 10.6. The minimum atomic E-state index is -0.705. The molecule has 0 heterocycles. The van der Waals surface area contributed by atoms with Gasteiger partial charge in [0.05, 0.1) is 5.69 Å². The van der Waals surface area contributed by atoms with Crippen molar-refractivity contribution in [3.63, 3.8) is 0 Å². The Morgan fingerprint density at radius 1 is 1.10 bits per heavy atom. The number of hydrogen-bond acceptors (Lipinski definition) is 1. The summed E-state index contributed by atoms with van der Waals surface area (Å²) in [6.07, 6.45) is 3.09. The van der Waals surface area contributed by atoms with Gasteiger partial charge in [-0.25, -0.2) is 13.6 Å². The Bertz CT molecular complexity index is 672. The van der Waals surface area contributed by atoms with E-state index in [4.69, 9.17) is 0 Å². The molecule has 2 N–H and O–H groups in total. The van der Waals surface area contributed by atoms with Gasteiger partial charge in [-0.2, -0.15) is 0 Å². The van der Waals surface area contributed by atoms with Crippen LogP contribution in [0.15, 0.2) is 53.1 Å². The van der Waals surface area contributed by atoms with Gasteiger partial charge in [0.1, 0.15) is 11.6 Å². The summed E-state index contributed by atoms with van der Waals surface area (Å²) in [7, 11) is 0. The van der Waals surface area contributed by atoms with Crippen LogP contribution in [0.25, 0.3) is 6.08 Å². The van der Waals surface area contributed by atoms with Crippen molar-refractivity contribution < 1.29 is 13.6 Å². The highest BCUT2D eigenvalue weighted by molar-refractivity contribution is 9.10. The quantitative estimate of drug-likeness (QED) is 0.837. The molecule has 0 saturated heterocycles. The van der Waals surface area contributed by atoms with Crippen LogP contribution in [-0.2, 0) is 0 Å². The monoisotopic (exact) mass is 352 g/mol. The first-order valence-electron chi connectivity index (χ1n) is 5.99. The summed E-state index contributed by atoms with van der Waals surface area (Å²) in [5.41, 5.74) is 0.667. The Labute approximate surface area is 128 Å². The maximum Gasteiger partial charge on any atom is 0.323 e. The van der Waals surface area contributed by atoms with Crippen molar-refractivity contribution in [1.82, 2.24) is 5.32 Å². The number of benzene rings is 2. The standard InChI is InChI=1S/C15H11BrF2N2O/c16-11-3-1-10(2-4-11)7-8-19-15(21)20-14-9-12(17)5-6-13(14)18/h1-9H,(H2,19,20,21)/b8-7+. The van der Waals surface area contributed by atoms with Gasteiger partial charge in [-0.15, -0.1) is 0 Å². The molecular weight excluding hydrogens is 342 g/mol. The third-order valence-electron chi connectivity index (χ3n) is 2.54. The second-order valence-corrected chi connectivity index (χ2v) is 5.02. The Balaban J connectivity index is 1.93. The van der Waals surface area contributed by atoms with Crippen LogP contribution in [-0.4, -0.2) is 6.03 Å². The maximum absolute atomic E-state index is 13.3. The molecule has 2 aromatic rings. The van der Waals surface area contributed by atoms with Gasteiger partial charge in [-0.1, -0.05) is 28.1 Å². The SMILES string of the molecule is O=C(N/C=C/c1ccc(Br)cc1)Nc1cc(F)ccc1F. The van der Waals surface area contributed by atoms with Gasteiger partial charge in [0.15, 0.2) is 0 Å². The number of nitrogens with one attached hydrogen (secondary N) is 2. The van der Waals surface area contributed by atoms with Gasteiger partial charge in [-0.3, -0.25) is 0 Å². The number of rotatable bonds is 3. The van der Waals surface area contributed by atoms with Gasteiger partial charge < -0.3 is 10.6 Å². The predicted molar refractivity (Wildman–Crippen MR) is 81.7 cm³/mol. The zero-order valence-electron chi connectivity index (χ0n) is 10.7. The third kappa shape index (κ3) is 4.68. The summed E-state index contributed by atoms with van der Waals surface area (Å²) in [6, 6.07) is 9.61. The molecule has 0 saturated carbocycles. The zero-order valence-corrected chi connectivity index (χ0v) is 12.3. The molecular formula is C15H11BrF2N2O. The Kier molecular flexibility index (Phi) is 5.05. The van der Waals surface area contributed by atoms with Gasteiger partial charge in [-0.05, 0) is 35.9 Å². The first-order valence-corrected chi connectivity index (χ1v) is 6.78. The molecule has 21 heavy (non-hydrogen) atoms. The fourth-order valence-electron chi connectivity index (χ4n) is 1.54. The van der Waals surface area contributed by atoms with Gasteiger partial charge in [0, 0.05) is 16.7 Å². The van der Waals surface area contributed by atoms with Crippen LogP contribution in [0.3, 0.4) is 0 Å². The lowest BCUT2D eigenvalue weighted by molar-refractivity contribution is 0.255. The summed E-state index contributed by atoms with van der Waals surface area (Å²) in [5.74, 6) is -1.33.